The molecule has 2 rings (SSSR count). The fraction of sp³-hybridized carbons (Fsp3) is 0.600. The van der Waals surface area contributed by atoms with Crippen LogP contribution in [-0.2, 0) is 0 Å². The molecule has 0 aromatic heterocycles. The van der Waals surface area contributed by atoms with E-state index in [0.717, 1.165) is 11.0 Å². The normalized spacial score (nSPS) is 28.1. The van der Waals surface area contributed by atoms with Gasteiger partial charge in [-0.15, -0.1) is 0 Å². The molecule has 0 aliphatic carbocycles. The Morgan fingerprint density at radius 1 is 1.35 bits per heavy atom. The zero-order chi connectivity index (χ0) is 14.7. The van der Waals surface area contributed by atoms with Crippen molar-refractivity contribution < 1.29 is 4.74 Å². The van der Waals surface area contributed by atoms with Crippen LogP contribution in [0, 0.1) is 0 Å². The molecule has 1 fully saturated rings. The van der Waals surface area contributed by atoms with Crippen LogP contribution in [0.25, 0.3) is 0 Å². The number of nitrogens with one attached hydrogen (secondary N) is 1. The summed E-state index contributed by atoms with van der Waals surface area (Å²) in [6, 6.07) is 6.40. The molecule has 0 bridgehead atoms. The number of thioether (sulfide) groups is 2. The first kappa shape index (κ1) is 16.3. The molecule has 112 valence electrons. The van der Waals surface area contributed by atoms with Crippen molar-refractivity contribution in [3.8, 4) is 5.75 Å². The predicted molar refractivity (Wildman–Crippen MR) is 92.6 cm³/mol. The quantitative estimate of drug-likeness (QED) is 0.890. The summed E-state index contributed by atoms with van der Waals surface area (Å²) in [7, 11) is 3.69. The first-order chi connectivity index (χ1) is 9.56. The van der Waals surface area contributed by atoms with Gasteiger partial charge >= 0.3 is 0 Å². The smallest absolute Gasteiger partial charge is 0.137 e. The molecule has 1 aromatic rings. The van der Waals surface area contributed by atoms with Crippen LogP contribution < -0.4 is 10.1 Å². The van der Waals surface area contributed by atoms with Gasteiger partial charge < -0.3 is 10.1 Å². The zero-order valence-electron chi connectivity index (χ0n) is 12.4. The Morgan fingerprint density at radius 2 is 2.10 bits per heavy atom. The van der Waals surface area contributed by atoms with Crippen molar-refractivity contribution in [3.63, 3.8) is 0 Å². The van der Waals surface area contributed by atoms with Gasteiger partial charge in [-0.25, -0.2) is 0 Å². The highest BCUT2D eigenvalue weighted by Gasteiger charge is 2.31. The fourth-order valence-corrected chi connectivity index (χ4v) is 5.77. The molecule has 20 heavy (non-hydrogen) atoms. The summed E-state index contributed by atoms with van der Waals surface area (Å²) in [5.41, 5.74) is 1.24. The van der Waals surface area contributed by atoms with E-state index < -0.39 is 0 Å². The van der Waals surface area contributed by atoms with E-state index in [0.29, 0.717) is 21.6 Å². The maximum absolute atomic E-state index is 6.12. The van der Waals surface area contributed by atoms with E-state index in [1.165, 1.54) is 11.3 Å². The van der Waals surface area contributed by atoms with Crippen LogP contribution in [0.4, 0.5) is 0 Å². The van der Waals surface area contributed by atoms with Gasteiger partial charge in [-0.2, -0.15) is 23.5 Å². The third-order valence-corrected chi connectivity index (χ3v) is 7.60. The van der Waals surface area contributed by atoms with Crippen LogP contribution in [0.3, 0.4) is 0 Å². The van der Waals surface area contributed by atoms with Gasteiger partial charge in [0.05, 0.1) is 12.1 Å². The maximum atomic E-state index is 6.12. The molecule has 4 unspecified atom stereocenters. The van der Waals surface area contributed by atoms with Crippen LogP contribution >= 0.6 is 35.1 Å². The third-order valence-electron chi connectivity index (χ3n) is 3.79. The largest absolute Gasteiger partial charge is 0.495 e. The van der Waals surface area contributed by atoms with Crippen molar-refractivity contribution in [2.24, 2.45) is 0 Å². The van der Waals surface area contributed by atoms with Crippen LogP contribution in [0.5, 0.6) is 5.75 Å². The maximum Gasteiger partial charge on any atom is 0.137 e. The summed E-state index contributed by atoms with van der Waals surface area (Å²) >= 11 is 10.3. The van der Waals surface area contributed by atoms with E-state index >= 15 is 0 Å². The Balaban J connectivity index is 2.19. The molecule has 0 spiro atoms. The Kier molecular flexibility index (Phi) is 5.96. The number of methoxy groups -OCH3 is 1. The van der Waals surface area contributed by atoms with Gasteiger partial charge in [-0.3, -0.25) is 0 Å². The third kappa shape index (κ3) is 3.59. The molecule has 1 aliphatic rings. The van der Waals surface area contributed by atoms with Gasteiger partial charge in [0, 0.05) is 27.5 Å². The molecule has 1 aromatic carbocycles. The molecule has 1 aliphatic heterocycles. The van der Waals surface area contributed by atoms with Crippen LogP contribution in [-0.4, -0.2) is 35.7 Å². The van der Waals surface area contributed by atoms with Gasteiger partial charge in [0.1, 0.15) is 5.75 Å². The number of rotatable bonds is 4. The van der Waals surface area contributed by atoms with Gasteiger partial charge in [0.15, 0.2) is 0 Å². The summed E-state index contributed by atoms with van der Waals surface area (Å²) in [5.74, 6) is 1.92. The lowest BCUT2D eigenvalue weighted by molar-refractivity contribution is 0.413. The average molecular weight is 332 g/mol. The highest BCUT2D eigenvalue weighted by molar-refractivity contribution is 8.07. The molecule has 1 N–H and O–H groups in total. The summed E-state index contributed by atoms with van der Waals surface area (Å²) in [5, 5.41) is 6.11. The first-order valence-corrected chi connectivity index (χ1v) is 9.21. The van der Waals surface area contributed by atoms with E-state index in [2.05, 4.69) is 54.8 Å². The average Bonchev–Trinajstić information content (AvgIpc) is 2.45. The number of halogens is 1. The van der Waals surface area contributed by atoms with Crippen molar-refractivity contribution in [3.05, 3.63) is 28.8 Å². The second kappa shape index (κ2) is 7.30. The SMILES string of the molecule is CNC(c1ccc(Cl)c(OC)c1)C1CSC(C)C(C)S1. The Labute approximate surface area is 135 Å². The lowest BCUT2D eigenvalue weighted by Gasteiger charge is -2.36. The van der Waals surface area contributed by atoms with Crippen molar-refractivity contribution >= 4 is 35.1 Å². The fourth-order valence-electron chi connectivity index (χ4n) is 2.42. The minimum atomic E-state index is 0.327. The van der Waals surface area contributed by atoms with E-state index in [-0.39, 0.29) is 0 Å². The zero-order valence-corrected chi connectivity index (χ0v) is 14.7. The summed E-state index contributed by atoms with van der Waals surface area (Å²) < 4.78 is 5.33. The van der Waals surface area contributed by atoms with Gasteiger partial charge in [0.25, 0.3) is 0 Å². The van der Waals surface area contributed by atoms with Crippen LogP contribution in [0.1, 0.15) is 25.5 Å². The molecule has 1 heterocycles. The van der Waals surface area contributed by atoms with Crippen molar-refractivity contribution in [1.29, 1.82) is 0 Å². The second-order valence-electron chi connectivity index (χ2n) is 5.08. The molecule has 0 amide bonds. The van der Waals surface area contributed by atoms with Crippen molar-refractivity contribution in [2.45, 2.75) is 35.6 Å². The number of hydrogen-bond donors (Lipinski definition) is 1. The minimum Gasteiger partial charge on any atom is -0.495 e. The van der Waals surface area contributed by atoms with Gasteiger partial charge in [0.2, 0.25) is 0 Å². The Bertz CT molecular complexity index is 457. The number of hydrogen-bond acceptors (Lipinski definition) is 4. The highest BCUT2D eigenvalue weighted by Crippen LogP contribution is 2.41. The number of benzene rings is 1. The molecule has 0 saturated carbocycles. The molecular weight excluding hydrogens is 310 g/mol. The number of ether oxygens (including phenoxy) is 1. The van der Waals surface area contributed by atoms with E-state index in [1.807, 2.05) is 13.1 Å². The van der Waals surface area contributed by atoms with Gasteiger partial charge in [-0.1, -0.05) is 31.5 Å². The summed E-state index contributed by atoms with van der Waals surface area (Å²) in [6.07, 6.45) is 0. The highest BCUT2D eigenvalue weighted by atomic mass is 35.5. The Morgan fingerprint density at radius 3 is 2.70 bits per heavy atom. The van der Waals surface area contributed by atoms with Crippen molar-refractivity contribution in [1.82, 2.24) is 5.32 Å². The summed E-state index contributed by atoms with van der Waals surface area (Å²) in [6.45, 7) is 4.64. The van der Waals surface area contributed by atoms with E-state index in [1.54, 1.807) is 7.11 Å². The first-order valence-electron chi connectivity index (χ1n) is 6.84. The van der Waals surface area contributed by atoms with Crippen molar-refractivity contribution in [2.75, 3.05) is 19.9 Å². The van der Waals surface area contributed by atoms with E-state index in [4.69, 9.17) is 16.3 Å². The lowest BCUT2D eigenvalue weighted by atomic mass is 10.0. The van der Waals surface area contributed by atoms with Crippen LogP contribution in [0.2, 0.25) is 5.02 Å². The molecule has 4 atom stereocenters. The predicted octanol–water partition coefficient (Wildman–Crippen LogP) is 4.23. The molecule has 1 saturated heterocycles. The monoisotopic (exact) mass is 331 g/mol. The standard InChI is InChI=1S/C15H22ClNOS2/c1-9-10(2)20-14(8-19-9)15(17-3)11-5-6-12(16)13(7-11)18-4/h5-7,9-10,14-15,17H,8H2,1-4H3. The molecule has 2 nitrogen and oxygen atoms in total. The lowest BCUT2D eigenvalue weighted by Crippen LogP contribution is -2.35. The Hall–Kier alpha value is -0.0300. The minimum absolute atomic E-state index is 0.327. The summed E-state index contributed by atoms with van der Waals surface area (Å²) in [4.78, 5) is 0. The molecule has 0 radical (unpaired) electrons. The van der Waals surface area contributed by atoms with E-state index in [9.17, 15) is 0 Å². The molecular formula is C15H22ClNOS2. The second-order valence-corrected chi connectivity index (χ2v) is 8.52. The van der Waals surface area contributed by atoms with Crippen LogP contribution in [0.15, 0.2) is 18.2 Å². The topological polar surface area (TPSA) is 21.3 Å². The van der Waals surface area contributed by atoms with Gasteiger partial charge in [-0.05, 0) is 24.7 Å². The molecule has 5 heteroatoms.